The molecule has 2 aromatic rings. The van der Waals surface area contributed by atoms with Gasteiger partial charge in [-0.1, -0.05) is 0 Å². The first kappa shape index (κ1) is 13.4. The number of H-pyrrole nitrogens is 1. The lowest BCUT2D eigenvalue weighted by Gasteiger charge is -2.21. The van der Waals surface area contributed by atoms with Crippen molar-refractivity contribution in [1.29, 1.82) is 0 Å². The van der Waals surface area contributed by atoms with E-state index < -0.39 is 0 Å². The topological polar surface area (TPSA) is 60.0 Å². The van der Waals surface area contributed by atoms with E-state index in [0.717, 1.165) is 36.4 Å². The molecule has 5 heteroatoms. The first-order chi connectivity index (χ1) is 9.85. The quantitative estimate of drug-likeness (QED) is 0.911. The molecule has 0 bridgehead atoms. The predicted molar refractivity (Wildman–Crippen MR) is 77.0 cm³/mol. The van der Waals surface area contributed by atoms with Gasteiger partial charge in [0.05, 0.1) is 18.2 Å². The van der Waals surface area contributed by atoms with Crippen molar-refractivity contribution in [2.45, 2.75) is 45.1 Å². The van der Waals surface area contributed by atoms with Crippen molar-refractivity contribution in [1.82, 2.24) is 15.0 Å². The Labute approximate surface area is 118 Å². The number of rotatable bonds is 5. The lowest BCUT2D eigenvalue weighted by Crippen LogP contribution is -2.19. The third-order valence-electron chi connectivity index (χ3n) is 3.64. The molecule has 0 aromatic carbocycles. The smallest absolute Gasteiger partial charge is 0.215 e. The zero-order chi connectivity index (χ0) is 13.8. The molecule has 1 aliphatic heterocycles. The van der Waals surface area contributed by atoms with Gasteiger partial charge in [-0.2, -0.15) is 4.98 Å². The number of aryl methyl sites for hydroxylation is 1. The van der Waals surface area contributed by atoms with Gasteiger partial charge in [-0.05, 0) is 38.7 Å². The highest BCUT2D eigenvalue weighted by molar-refractivity contribution is 5.71. The molecule has 1 fully saturated rings. The summed E-state index contributed by atoms with van der Waals surface area (Å²) in [6.45, 7) is 3.48. The molecule has 1 N–H and O–H groups in total. The maximum Gasteiger partial charge on any atom is 0.215 e. The summed E-state index contributed by atoms with van der Waals surface area (Å²) in [6, 6.07) is 3.85. The van der Waals surface area contributed by atoms with Gasteiger partial charge in [0, 0.05) is 19.1 Å². The molecule has 5 nitrogen and oxygen atoms in total. The summed E-state index contributed by atoms with van der Waals surface area (Å²) in [4.78, 5) is 12.2. The standard InChI is InChI=1S/C15H21N3O2/c1-2-19-14-9-7-12-15(18-14)17-13(16-12)8-6-11-5-3-4-10-20-11/h7,9,11H,2-6,8,10H2,1H3,(H,16,17,18). The molecule has 0 saturated carbocycles. The molecule has 1 unspecified atom stereocenters. The Morgan fingerprint density at radius 2 is 2.30 bits per heavy atom. The van der Waals surface area contributed by atoms with Crippen molar-refractivity contribution in [2.75, 3.05) is 13.2 Å². The van der Waals surface area contributed by atoms with E-state index in [1.807, 2.05) is 19.1 Å². The Balaban J connectivity index is 1.65. The second-order valence-electron chi connectivity index (χ2n) is 5.16. The largest absolute Gasteiger partial charge is 0.478 e. The molecule has 20 heavy (non-hydrogen) atoms. The van der Waals surface area contributed by atoms with Gasteiger partial charge in [-0.25, -0.2) is 4.98 Å². The number of hydrogen-bond donors (Lipinski definition) is 1. The van der Waals surface area contributed by atoms with Gasteiger partial charge in [-0.15, -0.1) is 0 Å². The van der Waals surface area contributed by atoms with E-state index in [0.29, 0.717) is 18.6 Å². The third-order valence-corrected chi connectivity index (χ3v) is 3.64. The minimum absolute atomic E-state index is 0.393. The number of nitrogens with zero attached hydrogens (tertiary/aromatic N) is 2. The van der Waals surface area contributed by atoms with Gasteiger partial charge in [-0.3, -0.25) is 0 Å². The molecule has 1 saturated heterocycles. The number of nitrogens with one attached hydrogen (secondary N) is 1. The zero-order valence-electron chi connectivity index (χ0n) is 11.9. The first-order valence-electron chi connectivity index (χ1n) is 7.45. The van der Waals surface area contributed by atoms with Crippen molar-refractivity contribution < 1.29 is 9.47 Å². The Kier molecular flexibility index (Phi) is 4.16. The SMILES string of the molecule is CCOc1ccc2[nH]c(CCC3CCCCO3)nc2n1. The van der Waals surface area contributed by atoms with Gasteiger partial charge < -0.3 is 14.5 Å². The summed E-state index contributed by atoms with van der Waals surface area (Å²) in [7, 11) is 0. The van der Waals surface area contributed by atoms with Crippen LogP contribution in [0.1, 0.15) is 38.4 Å². The molecule has 0 radical (unpaired) electrons. The van der Waals surface area contributed by atoms with Crippen LogP contribution >= 0.6 is 0 Å². The van der Waals surface area contributed by atoms with Gasteiger partial charge in [0.25, 0.3) is 0 Å². The van der Waals surface area contributed by atoms with Crippen LogP contribution in [0.2, 0.25) is 0 Å². The van der Waals surface area contributed by atoms with E-state index in [1.165, 1.54) is 19.3 Å². The zero-order valence-corrected chi connectivity index (χ0v) is 11.9. The van der Waals surface area contributed by atoms with Gasteiger partial charge in [0.15, 0.2) is 5.65 Å². The minimum Gasteiger partial charge on any atom is -0.478 e. The predicted octanol–water partition coefficient (Wildman–Crippen LogP) is 2.86. The maximum atomic E-state index is 5.75. The fourth-order valence-corrected chi connectivity index (χ4v) is 2.60. The molecule has 3 heterocycles. The number of imidazole rings is 1. The highest BCUT2D eigenvalue weighted by Crippen LogP contribution is 2.19. The lowest BCUT2D eigenvalue weighted by molar-refractivity contribution is 0.0112. The number of fused-ring (bicyclic) bond motifs is 1. The highest BCUT2D eigenvalue weighted by atomic mass is 16.5. The van der Waals surface area contributed by atoms with E-state index in [9.17, 15) is 0 Å². The Morgan fingerprint density at radius 1 is 1.35 bits per heavy atom. The van der Waals surface area contributed by atoms with Crippen molar-refractivity contribution >= 4 is 11.2 Å². The lowest BCUT2D eigenvalue weighted by atomic mass is 10.0. The fourth-order valence-electron chi connectivity index (χ4n) is 2.60. The number of aromatic nitrogens is 3. The fraction of sp³-hybridized carbons (Fsp3) is 0.600. The van der Waals surface area contributed by atoms with Crippen molar-refractivity contribution in [3.63, 3.8) is 0 Å². The average Bonchev–Trinajstić information content (AvgIpc) is 2.89. The monoisotopic (exact) mass is 275 g/mol. The van der Waals surface area contributed by atoms with Crippen molar-refractivity contribution in [3.05, 3.63) is 18.0 Å². The first-order valence-corrected chi connectivity index (χ1v) is 7.45. The van der Waals surface area contributed by atoms with E-state index in [-0.39, 0.29) is 0 Å². The number of ether oxygens (including phenoxy) is 2. The van der Waals surface area contributed by atoms with E-state index in [4.69, 9.17) is 9.47 Å². The minimum atomic E-state index is 0.393. The summed E-state index contributed by atoms with van der Waals surface area (Å²) in [6.07, 6.45) is 5.98. The number of aromatic amines is 1. The Morgan fingerprint density at radius 3 is 3.10 bits per heavy atom. The van der Waals surface area contributed by atoms with Crippen LogP contribution in [0.4, 0.5) is 0 Å². The van der Waals surface area contributed by atoms with Crippen molar-refractivity contribution in [2.24, 2.45) is 0 Å². The number of pyridine rings is 1. The third kappa shape index (κ3) is 3.10. The molecule has 0 spiro atoms. The maximum absolute atomic E-state index is 5.75. The molecule has 0 amide bonds. The van der Waals surface area contributed by atoms with Gasteiger partial charge in [0.1, 0.15) is 5.82 Å². The van der Waals surface area contributed by atoms with E-state index in [1.54, 1.807) is 0 Å². The van der Waals surface area contributed by atoms with Crippen LogP contribution < -0.4 is 4.74 Å². The molecular weight excluding hydrogens is 254 g/mol. The molecule has 108 valence electrons. The molecule has 1 aliphatic rings. The van der Waals surface area contributed by atoms with Crippen LogP contribution in [-0.2, 0) is 11.2 Å². The molecule has 2 aromatic heterocycles. The molecule has 3 rings (SSSR count). The average molecular weight is 275 g/mol. The Hall–Kier alpha value is -1.62. The summed E-state index contributed by atoms with van der Waals surface area (Å²) >= 11 is 0. The molecule has 1 atom stereocenters. The van der Waals surface area contributed by atoms with Gasteiger partial charge in [0.2, 0.25) is 5.88 Å². The summed E-state index contributed by atoms with van der Waals surface area (Å²) in [5, 5.41) is 0. The van der Waals surface area contributed by atoms with Crippen LogP contribution in [0.15, 0.2) is 12.1 Å². The normalized spacial score (nSPS) is 19.4. The van der Waals surface area contributed by atoms with Gasteiger partial charge >= 0.3 is 0 Å². The molecular formula is C15H21N3O2. The van der Waals surface area contributed by atoms with Crippen molar-refractivity contribution in [3.8, 4) is 5.88 Å². The van der Waals surface area contributed by atoms with Crippen LogP contribution in [0.25, 0.3) is 11.2 Å². The summed E-state index contributed by atoms with van der Waals surface area (Å²) < 4.78 is 11.1. The van der Waals surface area contributed by atoms with E-state index >= 15 is 0 Å². The number of hydrogen-bond acceptors (Lipinski definition) is 4. The summed E-state index contributed by atoms with van der Waals surface area (Å²) in [5.41, 5.74) is 1.70. The van der Waals surface area contributed by atoms with Crippen LogP contribution in [-0.4, -0.2) is 34.3 Å². The van der Waals surface area contributed by atoms with Crippen LogP contribution in [0.5, 0.6) is 5.88 Å². The highest BCUT2D eigenvalue weighted by Gasteiger charge is 2.14. The summed E-state index contributed by atoms with van der Waals surface area (Å²) in [5.74, 6) is 1.61. The second-order valence-corrected chi connectivity index (χ2v) is 5.16. The van der Waals surface area contributed by atoms with Crippen LogP contribution in [0.3, 0.4) is 0 Å². The van der Waals surface area contributed by atoms with Crippen LogP contribution in [0, 0.1) is 0 Å². The van der Waals surface area contributed by atoms with E-state index in [2.05, 4.69) is 15.0 Å². The Bertz CT molecular complexity index is 561. The second kappa shape index (κ2) is 6.22. The molecule has 0 aliphatic carbocycles.